The molecular formula is C17H20N6O2S. The normalized spacial score (nSPS) is 33.8. The molecule has 0 bridgehead atoms. The van der Waals surface area contributed by atoms with Crippen LogP contribution in [0.15, 0.2) is 18.5 Å². The van der Waals surface area contributed by atoms with E-state index in [2.05, 4.69) is 36.2 Å². The Kier molecular flexibility index (Phi) is 2.69. The predicted octanol–water partition coefficient (Wildman–Crippen LogP) is 1.57. The molecule has 0 unspecified atom stereocenters. The minimum atomic E-state index is -3.17. The van der Waals surface area contributed by atoms with E-state index in [0.29, 0.717) is 5.92 Å². The Labute approximate surface area is 150 Å². The summed E-state index contributed by atoms with van der Waals surface area (Å²) in [6.07, 6.45) is 6.99. The first kappa shape index (κ1) is 15.1. The van der Waals surface area contributed by atoms with E-state index in [1.54, 1.807) is 6.20 Å². The molecule has 0 aliphatic heterocycles. The molecule has 26 heavy (non-hydrogen) atoms. The van der Waals surface area contributed by atoms with Crippen LogP contribution in [0.2, 0.25) is 0 Å². The number of fused-ring (bicyclic) bond motifs is 4. The van der Waals surface area contributed by atoms with E-state index < -0.39 is 10.0 Å². The molecular weight excluding hydrogens is 352 g/mol. The van der Waals surface area contributed by atoms with Gasteiger partial charge in [-0.05, 0) is 43.1 Å². The monoisotopic (exact) mass is 372 g/mol. The second-order valence-corrected chi connectivity index (χ2v) is 10.3. The SMILES string of the molecule is C[C@]12C[C@H]1[C@@H](NS(=O)(=O)C1CC1)C[C@H]2c1nnc2cnc3[nH]ccc3n12. The van der Waals surface area contributed by atoms with Crippen LogP contribution in [-0.2, 0) is 10.0 Å². The van der Waals surface area contributed by atoms with E-state index in [9.17, 15) is 8.42 Å². The Hall–Kier alpha value is -2.00. The number of aromatic amines is 1. The van der Waals surface area contributed by atoms with Gasteiger partial charge in [-0.25, -0.2) is 18.1 Å². The molecule has 3 aromatic rings. The maximum absolute atomic E-state index is 12.4. The Morgan fingerprint density at radius 1 is 1.35 bits per heavy atom. The first-order chi connectivity index (χ1) is 12.5. The fourth-order valence-electron chi connectivity index (χ4n) is 4.94. The van der Waals surface area contributed by atoms with Crippen molar-refractivity contribution < 1.29 is 8.42 Å². The molecule has 9 heteroatoms. The van der Waals surface area contributed by atoms with E-state index >= 15 is 0 Å². The van der Waals surface area contributed by atoms with Crippen molar-refractivity contribution in [2.75, 3.05) is 0 Å². The second-order valence-electron chi connectivity index (χ2n) is 8.29. The predicted molar refractivity (Wildman–Crippen MR) is 95.1 cm³/mol. The minimum absolute atomic E-state index is 0.00602. The van der Waals surface area contributed by atoms with Crippen LogP contribution in [-0.4, -0.2) is 44.3 Å². The van der Waals surface area contributed by atoms with Crippen LogP contribution in [0.25, 0.3) is 16.8 Å². The van der Waals surface area contributed by atoms with Crippen LogP contribution in [0.1, 0.15) is 44.3 Å². The Morgan fingerprint density at radius 2 is 2.19 bits per heavy atom. The quantitative estimate of drug-likeness (QED) is 0.723. The van der Waals surface area contributed by atoms with Crippen molar-refractivity contribution in [3.8, 4) is 0 Å². The van der Waals surface area contributed by atoms with Gasteiger partial charge in [-0.15, -0.1) is 10.2 Å². The number of aromatic nitrogens is 5. The van der Waals surface area contributed by atoms with Crippen LogP contribution in [0.3, 0.4) is 0 Å². The molecule has 8 nitrogen and oxygen atoms in total. The van der Waals surface area contributed by atoms with Gasteiger partial charge in [-0.1, -0.05) is 6.92 Å². The minimum Gasteiger partial charge on any atom is -0.345 e. The van der Waals surface area contributed by atoms with Gasteiger partial charge in [-0.2, -0.15) is 0 Å². The number of hydrogen-bond donors (Lipinski definition) is 2. The summed E-state index contributed by atoms with van der Waals surface area (Å²) in [5.41, 5.74) is 2.59. The van der Waals surface area contributed by atoms with Gasteiger partial charge in [0.15, 0.2) is 11.3 Å². The number of rotatable bonds is 4. The van der Waals surface area contributed by atoms with Gasteiger partial charge in [0.05, 0.1) is 17.0 Å². The number of H-pyrrole nitrogens is 1. The second kappa shape index (κ2) is 4.64. The van der Waals surface area contributed by atoms with Crippen LogP contribution in [0.5, 0.6) is 0 Å². The maximum atomic E-state index is 12.4. The molecule has 136 valence electrons. The average molecular weight is 372 g/mol. The fourth-order valence-corrected chi connectivity index (χ4v) is 6.58. The van der Waals surface area contributed by atoms with Crippen LogP contribution < -0.4 is 4.72 Å². The third-order valence-corrected chi connectivity index (χ3v) is 8.66. The average Bonchev–Trinajstić information content (AvgIpc) is 3.43. The Morgan fingerprint density at radius 3 is 3.00 bits per heavy atom. The van der Waals surface area contributed by atoms with Gasteiger partial charge < -0.3 is 4.98 Å². The number of sulfonamides is 1. The summed E-state index contributed by atoms with van der Waals surface area (Å²) in [7, 11) is -3.17. The molecule has 6 rings (SSSR count). The lowest BCUT2D eigenvalue weighted by molar-refractivity contribution is 0.438. The number of nitrogens with one attached hydrogen (secondary N) is 2. The van der Waals surface area contributed by atoms with Gasteiger partial charge in [0.2, 0.25) is 10.0 Å². The van der Waals surface area contributed by atoms with Gasteiger partial charge in [0.25, 0.3) is 0 Å². The lowest BCUT2D eigenvalue weighted by atomic mass is 9.91. The molecule has 4 atom stereocenters. The molecule has 3 aliphatic rings. The van der Waals surface area contributed by atoms with E-state index in [4.69, 9.17) is 0 Å². The van der Waals surface area contributed by atoms with Crippen LogP contribution in [0.4, 0.5) is 0 Å². The summed E-state index contributed by atoms with van der Waals surface area (Å²) in [6, 6.07) is 1.99. The molecule has 0 saturated heterocycles. The summed E-state index contributed by atoms with van der Waals surface area (Å²) < 4.78 is 29.9. The van der Waals surface area contributed by atoms with E-state index in [1.807, 2.05) is 12.3 Å². The molecule has 3 aromatic heterocycles. The highest BCUT2D eigenvalue weighted by Crippen LogP contribution is 2.69. The molecule has 0 amide bonds. The van der Waals surface area contributed by atoms with Crippen molar-refractivity contribution >= 4 is 26.8 Å². The van der Waals surface area contributed by atoms with E-state index in [0.717, 1.165) is 48.3 Å². The Balaban J connectivity index is 1.41. The largest absolute Gasteiger partial charge is 0.345 e. The van der Waals surface area contributed by atoms with Gasteiger partial charge >= 0.3 is 0 Å². The molecule has 3 saturated carbocycles. The maximum Gasteiger partial charge on any atom is 0.214 e. The lowest BCUT2D eigenvalue weighted by Crippen LogP contribution is -2.37. The number of hydrogen-bond acceptors (Lipinski definition) is 5. The standard InChI is InChI=1S/C17H20N6O2S/c1-17-7-11(17)12(22-26(24,25)9-2-3-9)6-10(17)16-21-20-14-8-19-15-13(23(14)16)4-5-18-15/h4-5,8-12,18,22H,2-3,6-7H2,1H3/t10-,11-,12-,17+/m0/s1. The third-order valence-electron chi connectivity index (χ3n) is 6.68. The van der Waals surface area contributed by atoms with Crippen LogP contribution >= 0.6 is 0 Å². The first-order valence-electron chi connectivity index (χ1n) is 9.16. The zero-order chi connectivity index (χ0) is 17.7. The molecule has 0 aromatic carbocycles. The van der Waals surface area contributed by atoms with Crippen LogP contribution in [0, 0.1) is 11.3 Å². The molecule has 3 heterocycles. The van der Waals surface area contributed by atoms with Gasteiger partial charge in [0, 0.05) is 18.2 Å². The summed E-state index contributed by atoms with van der Waals surface area (Å²) >= 11 is 0. The zero-order valence-electron chi connectivity index (χ0n) is 14.4. The molecule has 0 spiro atoms. The van der Waals surface area contributed by atoms with Crippen molar-refractivity contribution in [3.05, 3.63) is 24.3 Å². The number of nitrogens with zero attached hydrogens (tertiary/aromatic N) is 4. The highest BCUT2D eigenvalue weighted by atomic mass is 32.2. The summed E-state index contributed by atoms with van der Waals surface area (Å²) in [5, 5.41) is 8.63. The summed E-state index contributed by atoms with van der Waals surface area (Å²) in [4.78, 5) is 7.51. The highest BCUT2D eigenvalue weighted by molar-refractivity contribution is 7.90. The van der Waals surface area contributed by atoms with E-state index in [-0.39, 0.29) is 22.6 Å². The van der Waals surface area contributed by atoms with Crippen molar-refractivity contribution in [2.24, 2.45) is 11.3 Å². The smallest absolute Gasteiger partial charge is 0.214 e. The zero-order valence-corrected chi connectivity index (χ0v) is 15.2. The van der Waals surface area contributed by atoms with Crippen molar-refractivity contribution in [2.45, 2.75) is 49.8 Å². The fraction of sp³-hybridized carbons (Fsp3) is 0.588. The molecule has 3 aliphatic carbocycles. The Bertz CT molecular complexity index is 1150. The molecule has 0 radical (unpaired) electrons. The first-order valence-corrected chi connectivity index (χ1v) is 10.7. The lowest BCUT2D eigenvalue weighted by Gasteiger charge is -2.19. The molecule has 2 N–H and O–H groups in total. The highest BCUT2D eigenvalue weighted by Gasteiger charge is 2.66. The van der Waals surface area contributed by atoms with Crippen molar-refractivity contribution in [1.29, 1.82) is 0 Å². The van der Waals surface area contributed by atoms with Crippen molar-refractivity contribution in [1.82, 2.24) is 29.3 Å². The molecule has 3 fully saturated rings. The third kappa shape index (κ3) is 1.92. The summed E-state index contributed by atoms with van der Waals surface area (Å²) in [6.45, 7) is 2.25. The topological polar surface area (TPSA) is 105 Å². The van der Waals surface area contributed by atoms with Gasteiger partial charge in [0.1, 0.15) is 5.82 Å². The summed E-state index contributed by atoms with van der Waals surface area (Å²) in [5.74, 6) is 1.50. The van der Waals surface area contributed by atoms with Crippen molar-refractivity contribution in [3.63, 3.8) is 0 Å². The van der Waals surface area contributed by atoms with E-state index in [1.165, 1.54) is 0 Å². The van der Waals surface area contributed by atoms with Gasteiger partial charge in [-0.3, -0.25) is 4.40 Å².